The SMILES string of the molecule is CC(=O)Nc1ccc(CNC(=O)CCC(C)(C)N)cc1. The van der Waals surface area contributed by atoms with Crippen LogP contribution in [-0.2, 0) is 16.1 Å². The molecule has 0 saturated carbocycles. The quantitative estimate of drug-likeness (QED) is 0.741. The topological polar surface area (TPSA) is 84.2 Å². The van der Waals surface area contributed by atoms with E-state index in [2.05, 4.69) is 10.6 Å². The molecule has 0 saturated heterocycles. The number of hydrogen-bond acceptors (Lipinski definition) is 3. The maximum atomic E-state index is 11.7. The summed E-state index contributed by atoms with van der Waals surface area (Å²) in [4.78, 5) is 22.5. The van der Waals surface area contributed by atoms with Crippen molar-refractivity contribution in [2.45, 2.75) is 45.7 Å². The van der Waals surface area contributed by atoms with Crippen LogP contribution in [0.2, 0.25) is 0 Å². The van der Waals surface area contributed by atoms with E-state index in [4.69, 9.17) is 5.73 Å². The highest BCUT2D eigenvalue weighted by molar-refractivity contribution is 5.88. The van der Waals surface area contributed by atoms with Gasteiger partial charge in [0.05, 0.1) is 0 Å². The monoisotopic (exact) mass is 277 g/mol. The van der Waals surface area contributed by atoms with Crippen LogP contribution in [0.3, 0.4) is 0 Å². The van der Waals surface area contributed by atoms with Gasteiger partial charge in [-0.25, -0.2) is 0 Å². The maximum Gasteiger partial charge on any atom is 0.221 e. The molecule has 0 aliphatic heterocycles. The predicted molar refractivity (Wildman–Crippen MR) is 80.1 cm³/mol. The van der Waals surface area contributed by atoms with E-state index in [1.165, 1.54) is 6.92 Å². The lowest BCUT2D eigenvalue weighted by Crippen LogP contribution is -2.34. The molecule has 5 heteroatoms. The van der Waals surface area contributed by atoms with E-state index in [0.29, 0.717) is 19.4 Å². The molecule has 0 aliphatic carbocycles. The molecule has 0 bridgehead atoms. The smallest absolute Gasteiger partial charge is 0.221 e. The van der Waals surface area contributed by atoms with E-state index in [1.807, 2.05) is 38.1 Å². The molecule has 0 unspecified atom stereocenters. The van der Waals surface area contributed by atoms with E-state index in [-0.39, 0.29) is 17.4 Å². The van der Waals surface area contributed by atoms with Crippen molar-refractivity contribution in [3.05, 3.63) is 29.8 Å². The van der Waals surface area contributed by atoms with Gasteiger partial charge in [-0.05, 0) is 38.0 Å². The van der Waals surface area contributed by atoms with Crippen molar-refractivity contribution in [1.82, 2.24) is 5.32 Å². The van der Waals surface area contributed by atoms with E-state index in [0.717, 1.165) is 11.3 Å². The molecule has 1 rings (SSSR count). The normalized spacial score (nSPS) is 11.0. The van der Waals surface area contributed by atoms with Gasteiger partial charge in [0, 0.05) is 31.1 Å². The summed E-state index contributed by atoms with van der Waals surface area (Å²) in [6.45, 7) is 5.75. The summed E-state index contributed by atoms with van der Waals surface area (Å²) in [5.41, 5.74) is 7.24. The zero-order valence-corrected chi connectivity index (χ0v) is 12.3. The van der Waals surface area contributed by atoms with E-state index >= 15 is 0 Å². The van der Waals surface area contributed by atoms with Crippen molar-refractivity contribution in [2.24, 2.45) is 5.73 Å². The van der Waals surface area contributed by atoms with Crippen LogP contribution in [-0.4, -0.2) is 17.4 Å². The Kier molecular flexibility index (Phi) is 5.70. The van der Waals surface area contributed by atoms with Gasteiger partial charge in [0.15, 0.2) is 0 Å². The van der Waals surface area contributed by atoms with Crippen LogP contribution in [0.5, 0.6) is 0 Å². The Morgan fingerprint density at radius 3 is 2.30 bits per heavy atom. The molecule has 2 amide bonds. The summed E-state index contributed by atoms with van der Waals surface area (Å²) in [7, 11) is 0. The minimum absolute atomic E-state index is 0.00513. The van der Waals surface area contributed by atoms with Gasteiger partial charge in [0.25, 0.3) is 0 Å². The van der Waals surface area contributed by atoms with Crippen molar-refractivity contribution in [3.8, 4) is 0 Å². The Balaban J connectivity index is 2.38. The van der Waals surface area contributed by atoms with Crippen molar-refractivity contribution in [2.75, 3.05) is 5.32 Å². The molecule has 1 aromatic carbocycles. The number of rotatable bonds is 6. The van der Waals surface area contributed by atoms with Crippen molar-refractivity contribution < 1.29 is 9.59 Å². The molecule has 0 aromatic heterocycles. The molecule has 4 N–H and O–H groups in total. The number of amides is 2. The largest absolute Gasteiger partial charge is 0.352 e. The Labute approximate surface area is 119 Å². The second-order valence-electron chi connectivity index (χ2n) is 5.64. The number of carbonyl (C=O) groups excluding carboxylic acids is 2. The number of carbonyl (C=O) groups is 2. The molecule has 1 aromatic rings. The predicted octanol–water partition coefficient (Wildman–Crippen LogP) is 1.78. The zero-order chi connectivity index (χ0) is 15.2. The average molecular weight is 277 g/mol. The highest BCUT2D eigenvalue weighted by Crippen LogP contribution is 2.10. The Bertz CT molecular complexity index is 461. The summed E-state index contributed by atoms with van der Waals surface area (Å²) in [5.74, 6) is -0.107. The van der Waals surface area contributed by atoms with Gasteiger partial charge in [0.1, 0.15) is 0 Å². The van der Waals surface area contributed by atoms with Crippen LogP contribution < -0.4 is 16.4 Å². The van der Waals surface area contributed by atoms with Crippen molar-refractivity contribution in [1.29, 1.82) is 0 Å². The van der Waals surface area contributed by atoms with Gasteiger partial charge < -0.3 is 16.4 Å². The molecule has 20 heavy (non-hydrogen) atoms. The second-order valence-corrected chi connectivity index (χ2v) is 5.64. The molecule has 110 valence electrons. The van der Waals surface area contributed by atoms with Crippen molar-refractivity contribution in [3.63, 3.8) is 0 Å². The van der Waals surface area contributed by atoms with Crippen LogP contribution in [0.1, 0.15) is 39.2 Å². The lowest BCUT2D eigenvalue weighted by molar-refractivity contribution is -0.121. The molecule has 0 heterocycles. The second kappa shape index (κ2) is 7.05. The first kappa shape index (κ1) is 16.2. The summed E-state index contributed by atoms with van der Waals surface area (Å²) in [6.07, 6.45) is 1.08. The standard InChI is InChI=1S/C15H23N3O2/c1-11(19)18-13-6-4-12(5-7-13)10-17-14(20)8-9-15(2,3)16/h4-7H,8-10,16H2,1-3H3,(H,17,20)(H,18,19). The first-order chi connectivity index (χ1) is 9.26. The van der Waals surface area contributed by atoms with Gasteiger partial charge in [-0.3, -0.25) is 9.59 Å². The third-order valence-corrected chi connectivity index (χ3v) is 2.76. The van der Waals surface area contributed by atoms with Crippen LogP contribution in [0.15, 0.2) is 24.3 Å². The van der Waals surface area contributed by atoms with Crippen LogP contribution in [0.25, 0.3) is 0 Å². The van der Waals surface area contributed by atoms with Gasteiger partial charge >= 0.3 is 0 Å². The summed E-state index contributed by atoms with van der Waals surface area (Å²) in [6, 6.07) is 7.37. The molecule has 5 nitrogen and oxygen atoms in total. The molecule has 0 spiro atoms. The van der Waals surface area contributed by atoms with E-state index in [9.17, 15) is 9.59 Å². The molecular weight excluding hydrogens is 254 g/mol. The maximum absolute atomic E-state index is 11.7. The van der Waals surface area contributed by atoms with Gasteiger partial charge in [-0.2, -0.15) is 0 Å². The van der Waals surface area contributed by atoms with Crippen LogP contribution >= 0.6 is 0 Å². The first-order valence-corrected chi connectivity index (χ1v) is 6.68. The third kappa shape index (κ3) is 6.89. The van der Waals surface area contributed by atoms with E-state index < -0.39 is 0 Å². The van der Waals surface area contributed by atoms with Gasteiger partial charge in [0.2, 0.25) is 11.8 Å². The van der Waals surface area contributed by atoms with Crippen molar-refractivity contribution >= 4 is 17.5 Å². The molecule has 0 fully saturated rings. The Morgan fingerprint density at radius 2 is 1.80 bits per heavy atom. The fourth-order valence-corrected chi connectivity index (χ4v) is 1.63. The Hall–Kier alpha value is -1.88. The first-order valence-electron chi connectivity index (χ1n) is 6.68. The van der Waals surface area contributed by atoms with E-state index in [1.54, 1.807) is 0 Å². The van der Waals surface area contributed by atoms with Crippen LogP contribution in [0.4, 0.5) is 5.69 Å². The minimum atomic E-state index is -0.322. The number of nitrogens with one attached hydrogen (secondary N) is 2. The molecule has 0 radical (unpaired) electrons. The Morgan fingerprint density at radius 1 is 1.20 bits per heavy atom. The zero-order valence-electron chi connectivity index (χ0n) is 12.3. The number of nitrogens with two attached hydrogens (primary N) is 1. The minimum Gasteiger partial charge on any atom is -0.352 e. The summed E-state index contributed by atoms with van der Waals surface area (Å²) in [5, 5.41) is 5.54. The highest BCUT2D eigenvalue weighted by Gasteiger charge is 2.12. The summed E-state index contributed by atoms with van der Waals surface area (Å²) < 4.78 is 0. The fourth-order valence-electron chi connectivity index (χ4n) is 1.63. The highest BCUT2D eigenvalue weighted by atomic mass is 16.2. The van der Waals surface area contributed by atoms with Crippen LogP contribution in [0, 0.1) is 0 Å². The molecule has 0 atom stereocenters. The lowest BCUT2D eigenvalue weighted by Gasteiger charge is -2.17. The number of anilines is 1. The third-order valence-electron chi connectivity index (χ3n) is 2.76. The summed E-state index contributed by atoms with van der Waals surface area (Å²) >= 11 is 0. The van der Waals surface area contributed by atoms with Gasteiger partial charge in [-0.15, -0.1) is 0 Å². The fraction of sp³-hybridized carbons (Fsp3) is 0.467. The molecule has 0 aliphatic rings. The molecular formula is C15H23N3O2. The number of hydrogen-bond donors (Lipinski definition) is 3. The number of benzene rings is 1. The average Bonchev–Trinajstić information content (AvgIpc) is 2.34. The van der Waals surface area contributed by atoms with Gasteiger partial charge in [-0.1, -0.05) is 12.1 Å². The lowest BCUT2D eigenvalue weighted by atomic mass is 10.00.